The summed E-state index contributed by atoms with van der Waals surface area (Å²) in [4.78, 5) is 0. The third-order valence-corrected chi connectivity index (χ3v) is 2.34. The van der Waals surface area contributed by atoms with Gasteiger partial charge in [0.15, 0.2) is 11.5 Å². The molecule has 1 N–H and O–H groups in total. The van der Waals surface area contributed by atoms with E-state index in [9.17, 15) is 5.11 Å². The molecule has 0 bridgehead atoms. The van der Waals surface area contributed by atoms with E-state index >= 15 is 0 Å². The number of aryl methyl sites for hydroxylation is 2. The first-order valence-electron chi connectivity index (χ1n) is 5.07. The van der Waals surface area contributed by atoms with E-state index in [1.807, 2.05) is 26.1 Å². The first-order chi connectivity index (χ1) is 7.66. The molecule has 4 nitrogen and oxygen atoms in total. The van der Waals surface area contributed by atoms with E-state index in [0.29, 0.717) is 12.4 Å². The monoisotopic (exact) mass is 218 g/mol. The Morgan fingerprint density at radius 2 is 2.12 bits per heavy atom. The Labute approximate surface area is 94.1 Å². The maximum Gasteiger partial charge on any atom is 0.161 e. The van der Waals surface area contributed by atoms with Crippen molar-refractivity contribution in [1.29, 1.82) is 0 Å². The molecule has 4 heteroatoms. The van der Waals surface area contributed by atoms with Gasteiger partial charge in [-0.25, -0.2) is 0 Å². The first kappa shape index (κ1) is 10.5. The van der Waals surface area contributed by atoms with Gasteiger partial charge < -0.3 is 9.84 Å². The number of ether oxygens (including phenoxy) is 1. The summed E-state index contributed by atoms with van der Waals surface area (Å²) in [6.07, 6.45) is 0. The topological polar surface area (TPSA) is 47.3 Å². The SMILES string of the molecule is Cc1cc(COc2ccccc2O)n(C)n1. The van der Waals surface area contributed by atoms with Crippen LogP contribution in [0.2, 0.25) is 0 Å². The molecule has 0 amide bonds. The standard InChI is InChI=1S/C12H14N2O2/c1-9-7-10(14(2)13-9)8-16-12-6-4-3-5-11(12)15/h3-7,15H,8H2,1-2H3. The van der Waals surface area contributed by atoms with Crippen LogP contribution < -0.4 is 4.74 Å². The lowest BCUT2D eigenvalue weighted by Crippen LogP contribution is -2.02. The maximum atomic E-state index is 9.52. The number of aromatic hydroxyl groups is 1. The average Bonchev–Trinajstić information content (AvgIpc) is 2.56. The Hall–Kier alpha value is -1.97. The van der Waals surface area contributed by atoms with E-state index < -0.39 is 0 Å². The second-order valence-electron chi connectivity index (χ2n) is 3.66. The Bertz CT molecular complexity index is 492. The van der Waals surface area contributed by atoms with E-state index in [1.54, 1.807) is 22.9 Å². The van der Waals surface area contributed by atoms with Crippen molar-refractivity contribution in [2.45, 2.75) is 13.5 Å². The summed E-state index contributed by atoms with van der Waals surface area (Å²) in [6.45, 7) is 2.33. The lowest BCUT2D eigenvalue weighted by molar-refractivity contribution is 0.279. The highest BCUT2D eigenvalue weighted by Gasteiger charge is 2.05. The van der Waals surface area contributed by atoms with Crippen molar-refractivity contribution in [3.63, 3.8) is 0 Å². The summed E-state index contributed by atoms with van der Waals surface area (Å²) in [5, 5.41) is 13.7. The molecule has 0 aliphatic heterocycles. The molecule has 0 saturated heterocycles. The van der Waals surface area contributed by atoms with Gasteiger partial charge in [0.25, 0.3) is 0 Å². The molecule has 0 fully saturated rings. The van der Waals surface area contributed by atoms with Crippen molar-refractivity contribution in [2.24, 2.45) is 7.05 Å². The highest BCUT2D eigenvalue weighted by atomic mass is 16.5. The number of hydrogen-bond acceptors (Lipinski definition) is 3. The third kappa shape index (κ3) is 2.16. The molecule has 0 saturated carbocycles. The Morgan fingerprint density at radius 3 is 2.75 bits per heavy atom. The third-order valence-electron chi connectivity index (χ3n) is 2.34. The summed E-state index contributed by atoms with van der Waals surface area (Å²) in [5.41, 5.74) is 1.93. The molecule has 0 unspecified atom stereocenters. The fraction of sp³-hybridized carbons (Fsp3) is 0.250. The van der Waals surface area contributed by atoms with E-state index in [1.165, 1.54) is 0 Å². The molecule has 84 valence electrons. The van der Waals surface area contributed by atoms with Crippen LogP contribution >= 0.6 is 0 Å². The number of phenolic OH excluding ortho intramolecular Hbond substituents is 1. The molecule has 0 radical (unpaired) electrons. The molecular formula is C12H14N2O2. The normalized spacial score (nSPS) is 10.4. The first-order valence-corrected chi connectivity index (χ1v) is 5.07. The molecular weight excluding hydrogens is 204 g/mol. The Kier molecular flexibility index (Phi) is 2.81. The van der Waals surface area contributed by atoms with Crippen molar-refractivity contribution in [1.82, 2.24) is 9.78 Å². The molecule has 2 aromatic rings. The fourth-order valence-corrected chi connectivity index (χ4v) is 1.53. The van der Waals surface area contributed by atoms with Crippen LogP contribution in [-0.2, 0) is 13.7 Å². The highest BCUT2D eigenvalue weighted by Crippen LogP contribution is 2.25. The summed E-state index contributed by atoms with van der Waals surface area (Å²) >= 11 is 0. The van der Waals surface area contributed by atoms with Gasteiger partial charge in [0.05, 0.1) is 11.4 Å². The maximum absolute atomic E-state index is 9.52. The summed E-state index contributed by atoms with van der Waals surface area (Å²) in [5.74, 6) is 0.641. The molecule has 0 aliphatic carbocycles. The zero-order chi connectivity index (χ0) is 11.5. The van der Waals surface area contributed by atoms with Crippen LogP contribution in [0.1, 0.15) is 11.4 Å². The Morgan fingerprint density at radius 1 is 1.38 bits per heavy atom. The minimum atomic E-state index is 0.154. The molecule has 2 rings (SSSR count). The predicted molar refractivity (Wildman–Crippen MR) is 60.4 cm³/mol. The smallest absolute Gasteiger partial charge is 0.161 e. The minimum absolute atomic E-state index is 0.154. The predicted octanol–water partition coefficient (Wildman–Crippen LogP) is 2.01. The van der Waals surface area contributed by atoms with Crippen LogP contribution in [0.5, 0.6) is 11.5 Å². The van der Waals surface area contributed by atoms with Crippen LogP contribution in [0.4, 0.5) is 0 Å². The van der Waals surface area contributed by atoms with Crippen LogP contribution in [0.25, 0.3) is 0 Å². The zero-order valence-electron chi connectivity index (χ0n) is 9.34. The number of nitrogens with zero attached hydrogens (tertiary/aromatic N) is 2. The van der Waals surface area contributed by atoms with Gasteiger partial charge >= 0.3 is 0 Å². The van der Waals surface area contributed by atoms with Crippen molar-refractivity contribution in [3.05, 3.63) is 41.7 Å². The van der Waals surface area contributed by atoms with Crippen LogP contribution in [0, 0.1) is 6.92 Å². The Balaban J connectivity index is 2.08. The van der Waals surface area contributed by atoms with E-state index in [4.69, 9.17) is 4.74 Å². The van der Waals surface area contributed by atoms with Gasteiger partial charge in [0.1, 0.15) is 6.61 Å². The molecule has 16 heavy (non-hydrogen) atoms. The summed E-state index contributed by atoms with van der Waals surface area (Å²) in [7, 11) is 1.87. The minimum Gasteiger partial charge on any atom is -0.504 e. The van der Waals surface area contributed by atoms with Gasteiger partial charge in [-0.3, -0.25) is 4.68 Å². The van der Waals surface area contributed by atoms with Crippen molar-refractivity contribution in [2.75, 3.05) is 0 Å². The zero-order valence-corrected chi connectivity index (χ0v) is 9.34. The summed E-state index contributed by atoms with van der Waals surface area (Å²) < 4.78 is 7.28. The second-order valence-corrected chi connectivity index (χ2v) is 3.66. The fourth-order valence-electron chi connectivity index (χ4n) is 1.53. The molecule has 1 aromatic carbocycles. The van der Waals surface area contributed by atoms with E-state index in [2.05, 4.69) is 5.10 Å². The van der Waals surface area contributed by atoms with E-state index in [-0.39, 0.29) is 5.75 Å². The molecule has 1 aromatic heterocycles. The largest absolute Gasteiger partial charge is 0.504 e. The molecule has 0 atom stereocenters. The van der Waals surface area contributed by atoms with Gasteiger partial charge in [-0.05, 0) is 25.1 Å². The average molecular weight is 218 g/mol. The lowest BCUT2D eigenvalue weighted by atomic mass is 10.3. The summed E-state index contributed by atoms with van der Waals surface area (Å²) in [6, 6.07) is 8.88. The van der Waals surface area contributed by atoms with Crippen LogP contribution in [-0.4, -0.2) is 14.9 Å². The van der Waals surface area contributed by atoms with Crippen LogP contribution in [0.15, 0.2) is 30.3 Å². The van der Waals surface area contributed by atoms with Gasteiger partial charge in [0.2, 0.25) is 0 Å². The number of aromatic nitrogens is 2. The lowest BCUT2D eigenvalue weighted by Gasteiger charge is -2.07. The van der Waals surface area contributed by atoms with Gasteiger partial charge in [-0.1, -0.05) is 12.1 Å². The van der Waals surface area contributed by atoms with E-state index in [0.717, 1.165) is 11.4 Å². The number of para-hydroxylation sites is 2. The highest BCUT2D eigenvalue weighted by molar-refractivity contribution is 5.37. The van der Waals surface area contributed by atoms with Crippen molar-refractivity contribution < 1.29 is 9.84 Å². The molecule has 1 heterocycles. The molecule has 0 spiro atoms. The van der Waals surface area contributed by atoms with Gasteiger partial charge in [0, 0.05) is 7.05 Å². The quantitative estimate of drug-likeness (QED) is 0.857. The number of hydrogen-bond donors (Lipinski definition) is 1. The molecule has 0 aliphatic rings. The number of rotatable bonds is 3. The number of phenols is 1. The van der Waals surface area contributed by atoms with Gasteiger partial charge in [-0.15, -0.1) is 0 Å². The number of benzene rings is 1. The van der Waals surface area contributed by atoms with Gasteiger partial charge in [-0.2, -0.15) is 5.10 Å². The van der Waals surface area contributed by atoms with Crippen molar-refractivity contribution in [3.8, 4) is 11.5 Å². The second kappa shape index (κ2) is 4.26. The van der Waals surface area contributed by atoms with Crippen LogP contribution in [0.3, 0.4) is 0 Å². The van der Waals surface area contributed by atoms with Crippen molar-refractivity contribution >= 4 is 0 Å².